The number of rotatable bonds is 5. The van der Waals surface area contributed by atoms with Crippen LogP contribution in [0.5, 0.6) is 0 Å². The molecule has 4 nitrogen and oxygen atoms in total. The van der Waals surface area contributed by atoms with Crippen LogP contribution in [0, 0.1) is 6.92 Å². The van der Waals surface area contributed by atoms with Gasteiger partial charge < -0.3 is 14.7 Å². The van der Waals surface area contributed by atoms with Crippen molar-refractivity contribution in [2.24, 2.45) is 0 Å². The highest BCUT2D eigenvalue weighted by atomic mass is 16.5. The van der Waals surface area contributed by atoms with E-state index < -0.39 is 12.1 Å². The summed E-state index contributed by atoms with van der Waals surface area (Å²) in [7, 11) is 0. The van der Waals surface area contributed by atoms with Crippen LogP contribution in [0.4, 0.5) is 5.69 Å². The first kappa shape index (κ1) is 13.9. The molecule has 1 atom stereocenters. The van der Waals surface area contributed by atoms with E-state index in [4.69, 9.17) is 4.74 Å². The molecule has 104 valence electrons. The van der Waals surface area contributed by atoms with Gasteiger partial charge in [-0.25, -0.2) is 4.79 Å². The zero-order valence-electron chi connectivity index (χ0n) is 11.6. The number of nitrogens with zero attached hydrogens (tertiary/aromatic N) is 1. The van der Waals surface area contributed by atoms with Crippen LogP contribution in [0.3, 0.4) is 0 Å². The SMILES string of the molecule is CCOC(CN1CCCc2cc(C)ccc21)C(=O)O. The molecule has 1 aliphatic heterocycles. The minimum absolute atomic E-state index is 0.416. The van der Waals surface area contributed by atoms with Gasteiger partial charge in [0.05, 0.1) is 6.54 Å². The lowest BCUT2D eigenvalue weighted by Gasteiger charge is -2.33. The Morgan fingerprint density at radius 3 is 3.00 bits per heavy atom. The molecule has 0 spiro atoms. The van der Waals surface area contributed by atoms with Crippen LogP contribution < -0.4 is 4.90 Å². The molecule has 0 saturated carbocycles. The highest BCUT2D eigenvalue weighted by Gasteiger charge is 2.24. The number of fused-ring (bicyclic) bond motifs is 1. The summed E-state index contributed by atoms with van der Waals surface area (Å²) < 4.78 is 5.30. The smallest absolute Gasteiger partial charge is 0.334 e. The summed E-state index contributed by atoms with van der Waals surface area (Å²) in [5, 5.41) is 9.18. The molecule has 1 unspecified atom stereocenters. The van der Waals surface area contributed by atoms with Crippen molar-refractivity contribution in [2.45, 2.75) is 32.8 Å². The molecule has 0 bridgehead atoms. The zero-order chi connectivity index (χ0) is 13.8. The molecule has 0 saturated heterocycles. The van der Waals surface area contributed by atoms with Crippen molar-refractivity contribution in [3.63, 3.8) is 0 Å². The summed E-state index contributed by atoms with van der Waals surface area (Å²) in [6, 6.07) is 6.36. The van der Waals surface area contributed by atoms with Crippen molar-refractivity contribution < 1.29 is 14.6 Å². The normalized spacial score (nSPS) is 16.0. The molecule has 0 fully saturated rings. The topological polar surface area (TPSA) is 49.8 Å². The molecule has 0 radical (unpaired) electrons. The number of ether oxygens (including phenoxy) is 1. The summed E-state index contributed by atoms with van der Waals surface area (Å²) in [6.45, 7) is 5.64. The van der Waals surface area contributed by atoms with Crippen molar-refractivity contribution in [2.75, 3.05) is 24.6 Å². The van der Waals surface area contributed by atoms with Gasteiger partial charge in [0.25, 0.3) is 0 Å². The molecule has 19 heavy (non-hydrogen) atoms. The van der Waals surface area contributed by atoms with Crippen molar-refractivity contribution in [1.82, 2.24) is 0 Å². The van der Waals surface area contributed by atoms with Gasteiger partial charge in [-0.3, -0.25) is 0 Å². The Kier molecular flexibility index (Phi) is 4.43. The van der Waals surface area contributed by atoms with Gasteiger partial charge in [0, 0.05) is 18.8 Å². The maximum atomic E-state index is 11.2. The first-order valence-corrected chi connectivity index (χ1v) is 6.80. The van der Waals surface area contributed by atoms with Gasteiger partial charge in [0.2, 0.25) is 0 Å². The second kappa shape index (κ2) is 6.06. The predicted octanol–water partition coefficient (Wildman–Crippen LogP) is 2.24. The molecular formula is C15H21NO3. The second-order valence-electron chi connectivity index (χ2n) is 4.96. The monoisotopic (exact) mass is 263 g/mol. The summed E-state index contributed by atoms with van der Waals surface area (Å²) in [5.74, 6) is -0.888. The van der Waals surface area contributed by atoms with E-state index in [9.17, 15) is 9.90 Å². The average Bonchev–Trinajstić information content (AvgIpc) is 2.37. The fourth-order valence-electron chi connectivity index (χ4n) is 2.60. The number of carboxylic acid groups (broad SMARTS) is 1. The number of hydrogen-bond donors (Lipinski definition) is 1. The van der Waals surface area contributed by atoms with Gasteiger partial charge in [0.15, 0.2) is 6.10 Å². The molecule has 1 aromatic carbocycles. The lowest BCUT2D eigenvalue weighted by atomic mass is 9.99. The van der Waals surface area contributed by atoms with Crippen LogP contribution in [-0.4, -0.2) is 36.9 Å². The largest absolute Gasteiger partial charge is 0.479 e. The van der Waals surface area contributed by atoms with E-state index in [-0.39, 0.29) is 0 Å². The predicted molar refractivity (Wildman–Crippen MR) is 74.8 cm³/mol. The number of carbonyl (C=O) groups is 1. The first-order chi connectivity index (χ1) is 9.11. The highest BCUT2D eigenvalue weighted by Crippen LogP contribution is 2.28. The van der Waals surface area contributed by atoms with E-state index in [2.05, 4.69) is 30.0 Å². The zero-order valence-corrected chi connectivity index (χ0v) is 11.6. The Labute approximate surface area is 114 Å². The van der Waals surface area contributed by atoms with Crippen LogP contribution in [0.25, 0.3) is 0 Å². The van der Waals surface area contributed by atoms with Crippen LogP contribution in [-0.2, 0) is 16.0 Å². The van der Waals surface area contributed by atoms with E-state index in [1.807, 2.05) is 6.92 Å². The van der Waals surface area contributed by atoms with Gasteiger partial charge in [-0.05, 0) is 38.3 Å². The molecule has 1 aliphatic rings. The average molecular weight is 263 g/mol. The number of anilines is 1. The Bertz CT molecular complexity index is 459. The van der Waals surface area contributed by atoms with Gasteiger partial charge in [-0.1, -0.05) is 17.7 Å². The van der Waals surface area contributed by atoms with Gasteiger partial charge in [-0.15, -0.1) is 0 Å². The van der Waals surface area contributed by atoms with Crippen molar-refractivity contribution in [3.8, 4) is 0 Å². The third-order valence-corrected chi connectivity index (χ3v) is 3.48. The number of hydrogen-bond acceptors (Lipinski definition) is 3. The number of carboxylic acids is 1. The Hall–Kier alpha value is -1.55. The third kappa shape index (κ3) is 3.26. The van der Waals surface area contributed by atoms with Crippen LogP contribution in [0.1, 0.15) is 24.5 Å². The molecule has 1 N–H and O–H groups in total. The lowest BCUT2D eigenvalue weighted by molar-refractivity contribution is -0.149. The molecule has 1 heterocycles. The number of aryl methyl sites for hydroxylation is 2. The van der Waals surface area contributed by atoms with E-state index in [1.165, 1.54) is 11.1 Å². The van der Waals surface area contributed by atoms with Crippen LogP contribution in [0.2, 0.25) is 0 Å². The summed E-state index contributed by atoms with van der Waals surface area (Å²) in [5.41, 5.74) is 3.72. The molecule has 0 aliphatic carbocycles. The van der Waals surface area contributed by atoms with Crippen molar-refractivity contribution in [3.05, 3.63) is 29.3 Å². The summed E-state index contributed by atoms with van der Waals surface area (Å²) >= 11 is 0. The number of benzene rings is 1. The summed E-state index contributed by atoms with van der Waals surface area (Å²) in [6.07, 6.45) is 1.38. The minimum Gasteiger partial charge on any atom is -0.479 e. The summed E-state index contributed by atoms with van der Waals surface area (Å²) in [4.78, 5) is 13.3. The molecule has 0 amide bonds. The van der Waals surface area contributed by atoms with Crippen LogP contribution in [0.15, 0.2) is 18.2 Å². The van der Waals surface area contributed by atoms with E-state index >= 15 is 0 Å². The Balaban J connectivity index is 2.16. The maximum Gasteiger partial charge on any atom is 0.334 e. The first-order valence-electron chi connectivity index (χ1n) is 6.80. The molecular weight excluding hydrogens is 242 g/mol. The van der Waals surface area contributed by atoms with Crippen molar-refractivity contribution >= 4 is 11.7 Å². The lowest BCUT2D eigenvalue weighted by Crippen LogP contribution is -2.41. The highest BCUT2D eigenvalue weighted by molar-refractivity contribution is 5.73. The standard InChI is InChI=1S/C15H21NO3/c1-3-19-14(15(17)18)10-16-8-4-5-12-9-11(2)6-7-13(12)16/h6-7,9,14H,3-5,8,10H2,1-2H3,(H,17,18). The quantitative estimate of drug-likeness (QED) is 0.885. The van der Waals surface area contributed by atoms with E-state index in [0.717, 1.165) is 25.1 Å². The fraction of sp³-hybridized carbons (Fsp3) is 0.533. The van der Waals surface area contributed by atoms with E-state index in [1.54, 1.807) is 0 Å². The van der Waals surface area contributed by atoms with Crippen molar-refractivity contribution in [1.29, 1.82) is 0 Å². The van der Waals surface area contributed by atoms with Gasteiger partial charge >= 0.3 is 5.97 Å². The van der Waals surface area contributed by atoms with Gasteiger partial charge in [-0.2, -0.15) is 0 Å². The van der Waals surface area contributed by atoms with Crippen LogP contribution >= 0.6 is 0 Å². The Morgan fingerprint density at radius 2 is 2.32 bits per heavy atom. The third-order valence-electron chi connectivity index (χ3n) is 3.48. The Morgan fingerprint density at radius 1 is 1.53 bits per heavy atom. The minimum atomic E-state index is -0.888. The van der Waals surface area contributed by atoms with Gasteiger partial charge in [0.1, 0.15) is 0 Å². The molecule has 0 aromatic heterocycles. The van der Waals surface area contributed by atoms with E-state index in [0.29, 0.717) is 13.2 Å². The molecule has 1 aromatic rings. The second-order valence-corrected chi connectivity index (χ2v) is 4.96. The maximum absolute atomic E-state index is 11.2. The number of aliphatic carboxylic acids is 1. The molecule has 4 heteroatoms. The fourth-order valence-corrected chi connectivity index (χ4v) is 2.60. The molecule has 2 rings (SSSR count).